The molecule has 1 aliphatic heterocycles. The fourth-order valence-corrected chi connectivity index (χ4v) is 2.46. The Bertz CT molecular complexity index is 460. The second-order valence-corrected chi connectivity index (χ2v) is 5.64. The Kier molecular flexibility index (Phi) is 3.29. The van der Waals surface area contributed by atoms with Gasteiger partial charge in [0.05, 0.1) is 13.2 Å². The number of carbonyl (C=O) groups is 1. The molecule has 0 spiro atoms. The predicted molar refractivity (Wildman–Crippen MR) is 73.0 cm³/mol. The average molecular weight is 260 g/mol. The second-order valence-electron chi connectivity index (χ2n) is 5.64. The Hall–Kier alpha value is -1.39. The predicted octanol–water partition coefficient (Wildman–Crippen LogP) is 1.19. The number of rotatable bonds is 3. The van der Waals surface area contributed by atoms with Gasteiger partial charge in [-0.05, 0) is 37.0 Å². The Morgan fingerprint density at radius 1 is 1.21 bits per heavy atom. The quantitative estimate of drug-likeness (QED) is 0.888. The molecule has 102 valence electrons. The number of benzene rings is 1. The van der Waals surface area contributed by atoms with E-state index in [0.717, 1.165) is 24.8 Å². The smallest absolute Gasteiger partial charge is 0.254 e. The zero-order chi connectivity index (χ0) is 13.3. The summed E-state index contributed by atoms with van der Waals surface area (Å²) in [5.74, 6) is 0.101. The normalized spacial score (nSPS) is 21.2. The average Bonchev–Trinajstić information content (AvgIpc) is 3.17. The van der Waals surface area contributed by atoms with Gasteiger partial charge in [0, 0.05) is 24.2 Å². The maximum atomic E-state index is 12.3. The summed E-state index contributed by atoms with van der Waals surface area (Å²) in [6.07, 6.45) is 3.14. The highest BCUT2D eigenvalue weighted by Gasteiger charge is 2.37. The van der Waals surface area contributed by atoms with Crippen molar-refractivity contribution >= 4 is 5.91 Å². The molecule has 3 rings (SSSR count). The lowest BCUT2D eigenvalue weighted by Crippen LogP contribution is -2.40. The lowest BCUT2D eigenvalue weighted by atomic mass is 10.0. The molecule has 1 aromatic carbocycles. The summed E-state index contributed by atoms with van der Waals surface area (Å²) in [6, 6.07) is 7.89. The number of hydrogen-bond donors (Lipinski definition) is 1. The summed E-state index contributed by atoms with van der Waals surface area (Å²) in [5, 5.41) is 0. The lowest BCUT2D eigenvalue weighted by Gasteiger charge is -2.26. The van der Waals surface area contributed by atoms with Gasteiger partial charge in [0.1, 0.15) is 0 Å². The molecule has 1 amide bonds. The first-order valence-corrected chi connectivity index (χ1v) is 6.91. The molecular formula is C15H20N2O2. The zero-order valence-corrected chi connectivity index (χ0v) is 11.1. The number of carbonyl (C=O) groups excluding carboxylic acids is 1. The molecule has 0 radical (unpaired) electrons. The molecule has 2 N–H and O–H groups in total. The van der Waals surface area contributed by atoms with Crippen molar-refractivity contribution in [2.45, 2.75) is 24.8 Å². The monoisotopic (exact) mass is 260 g/mol. The lowest BCUT2D eigenvalue weighted by molar-refractivity contribution is 0.0303. The molecule has 0 bridgehead atoms. The van der Waals surface area contributed by atoms with Crippen LogP contribution in [0.3, 0.4) is 0 Å². The summed E-state index contributed by atoms with van der Waals surface area (Å²) in [4.78, 5) is 14.1. The molecule has 0 atom stereocenters. The number of morpholine rings is 1. The molecule has 1 saturated heterocycles. The van der Waals surface area contributed by atoms with Crippen molar-refractivity contribution in [2.24, 2.45) is 5.73 Å². The first-order valence-electron chi connectivity index (χ1n) is 6.91. The van der Waals surface area contributed by atoms with Crippen molar-refractivity contribution in [1.29, 1.82) is 0 Å². The minimum Gasteiger partial charge on any atom is -0.378 e. The number of nitrogens with zero attached hydrogens (tertiary/aromatic N) is 1. The van der Waals surface area contributed by atoms with Crippen molar-refractivity contribution in [3.8, 4) is 0 Å². The van der Waals surface area contributed by atoms with E-state index in [1.54, 1.807) is 0 Å². The summed E-state index contributed by atoms with van der Waals surface area (Å²) < 4.78 is 5.26. The van der Waals surface area contributed by atoms with E-state index >= 15 is 0 Å². The van der Waals surface area contributed by atoms with Crippen LogP contribution >= 0.6 is 0 Å². The van der Waals surface area contributed by atoms with Gasteiger partial charge < -0.3 is 15.4 Å². The first-order chi connectivity index (χ1) is 9.16. The minimum atomic E-state index is 0.0235. The minimum absolute atomic E-state index is 0.0235. The van der Waals surface area contributed by atoms with Crippen molar-refractivity contribution in [3.05, 3.63) is 35.4 Å². The largest absolute Gasteiger partial charge is 0.378 e. The molecule has 2 fully saturated rings. The van der Waals surface area contributed by atoms with E-state index in [0.29, 0.717) is 26.3 Å². The standard InChI is InChI=1S/C15H20N2O2/c16-15(5-6-15)11-12-1-3-13(4-2-12)14(18)17-7-9-19-10-8-17/h1-4H,5-11,16H2. The maximum absolute atomic E-state index is 12.3. The van der Waals surface area contributed by atoms with E-state index in [1.165, 1.54) is 5.56 Å². The van der Waals surface area contributed by atoms with Gasteiger partial charge in [-0.2, -0.15) is 0 Å². The van der Waals surface area contributed by atoms with Crippen molar-refractivity contribution in [1.82, 2.24) is 4.90 Å². The Morgan fingerprint density at radius 3 is 2.42 bits per heavy atom. The fourth-order valence-electron chi connectivity index (χ4n) is 2.46. The molecular weight excluding hydrogens is 240 g/mol. The molecule has 19 heavy (non-hydrogen) atoms. The van der Waals surface area contributed by atoms with Gasteiger partial charge in [0.25, 0.3) is 5.91 Å². The van der Waals surface area contributed by atoms with Crippen LogP contribution < -0.4 is 5.73 Å². The number of nitrogens with two attached hydrogens (primary N) is 1. The Labute approximate surface area is 113 Å². The van der Waals surface area contributed by atoms with Gasteiger partial charge in [-0.3, -0.25) is 4.79 Å². The van der Waals surface area contributed by atoms with Crippen LogP contribution in [-0.4, -0.2) is 42.6 Å². The van der Waals surface area contributed by atoms with Crippen LogP contribution in [0.15, 0.2) is 24.3 Å². The summed E-state index contributed by atoms with van der Waals surface area (Å²) in [5.41, 5.74) is 8.11. The molecule has 4 heteroatoms. The SMILES string of the molecule is NC1(Cc2ccc(C(=O)N3CCOCC3)cc2)CC1. The molecule has 1 saturated carbocycles. The van der Waals surface area contributed by atoms with Crippen molar-refractivity contribution in [2.75, 3.05) is 26.3 Å². The molecule has 0 unspecified atom stereocenters. The third-order valence-electron chi connectivity index (χ3n) is 3.95. The molecule has 0 aromatic heterocycles. The van der Waals surface area contributed by atoms with Crippen LogP contribution in [0.5, 0.6) is 0 Å². The third-order valence-corrected chi connectivity index (χ3v) is 3.95. The molecule has 2 aliphatic rings. The van der Waals surface area contributed by atoms with Crippen LogP contribution in [0.25, 0.3) is 0 Å². The highest BCUT2D eigenvalue weighted by atomic mass is 16.5. The highest BCUT2D eigenvalue weighted by Crippen LogP contribution is 2.35. The Balaban J connectivity index is 1.65. The number of ether oxygens (including phenoxy) is 1. The molecule has 1 aliphatic carbocycles. The van der Waals surface area contributed by atoms with Gasteiger partial charge in [-0.1, -0.05) is 12.1 Å². The summed E-state index contributed by atoms with van der Waals surface area (Å²) in [6.45, 7) is 2.65. The van der Waals surface area contributed by atoms with E-state index in [9.17, 15) is 4.79 Å². The second kappa shape index (κ2) is 4.94. The van der Waals surface area contributed by atoms with Crippen molar-refractivity contribution < 1.29 is 9.53 Å². The van der Waals surface area contributed by atoms with Crippen LogP contribution in [0.1, 0.15) is 28.8 Å². The van der Waals surface area contributed by atoms with Gasteiger partial charge in [0.2, 0.25) is 0 Å². The fraction of sp³-hybridized carbons (Fsp3) is 0.533. The summed E-state index contributed by atoms with van der Waals surface area (Å²) >= 11 is 0. The Morgan fingerprint density at radius 2 is 1.84 bits per heavy atom. The van der Waals surface area contributed by atoms with E-state index < -0.39 is 0 Å². The molecule has 1 heterocycles. The van der Waals surface area contributed by atoms with E-state index in [4.69, 9.17) is 10.5 Å². The van der Waals surface area contributed by atoms with E-state index in [2.05, 4.69) is 0 Å². The van der Waals surface area contributed by atoms with Crippen LogP contribution in [0, 0.1) is 0 Å². The van der Waals surface area contributed by atoms with Crippen molar-refractivity contribution in [3.63, 3.8) is 0 Å². The third kappa shape index (κ3) is 2.96. The van der Waals surface area contributed by atoms with Crippen LogP contribution in [-0.2, 0) is 11.2 Å². The topological polar surface area (TPSA) is 55.6 Å². The van der Waals surface area contributed by atoms with Crippen LogP contribution in [0.2, 0.25) is 0 Å². The van der Waals surface area contributed by atoms with Gasteiger partial charge in [-0.25, -0.2) is 0 Å². The number of amides is 1. The van der Waals surface area contributed by atoms with Gasteiger partial charge in [-0.15, -0.1) is 0 Å². The van der Waals surface area contributed by atoms with Gasteiger partial charge in [0.15, 0.2) is 0 Å². The first kappa shape index (κ1) is 12.6. The van der Waals surface area contributed by atoms with Gasteiger partial charge >= 0.3 is 0 Å². The number of hydrogen-bond acceptors (Lipinski definition) is 3. The summed E-state index contributed by atoms with van der Waals surface area (Å²) in [7, 11) is 0. The zero-order valence-electron chi connectivity index (χ0n) is 11.1. The van der Waals surface area contributed by atoms with Crippen LogP contribution in [0.4, 0.5) is 0 Å². The molecule has 1 aromatic rings. The highest BCUT2D eigenvalue weighted by molar-refractivity contribution is 5.94. The van der Waals surface area contributed by atoms with E-state index in [-0.39, 0.29) is 11.4 Å². The molecule has 4 nitrogen and oxygen atoms in total. The maximum Gasteiger partial charge on any atom is 0.254 e. The van der Waals surface area contributed by atoms with E-state index in [1.807, 2.05) is 29.2 Å².